The fourth-order valence-electron chi connectivity index (χ4n) is 1.32. The first kappa shape index (κ1) is 10.9. The topological polar surface area (TPSA) is 35.0 Å². The van der Waals surface area contributed by atoms with Crippen LogP contribution in [-0.4, -0.2) is 9.97 Å². The number of hydrogen-bond donors (Lipinski definition) is 0. The highest BCUT2D eigenvalue weighted by molar-refractivity contribution is 6.29. The molecule has 0 aliphatic rings. The van der Waals surface area contributed by atoms with Gasteiger partial charge in [0.2, 0.25) is 5.88 Å². The van der Waals surface area contributed by atoms with Crippen molar-refractivity contribution in [3.8, 4) is 11.6 Å². The molecule has 2 aromatic rings. The van der Waals surface area contributed by atoms with Gasteiger partial charge < -0.3 is 4.74 Å². The smallest absolute Gasteiger partial charge is 0.223 e. The Kier molecular flexibility index (Phi) is 3.37. The lowest BCUT2D eigenvalue weighted by atomic mass is 10.2. The molecule has 1 aromatic carbocycles. The average Bonchev–Trinajstić information content (AvgIpc) is 2.29. The van der Waals surface area contributed by atoms with E-state index in [9.17, 15) is 0 Å². The van der Waals surface area contributed by atoms with Crippen molar-refractivity contribution in [2.24, 2.45) is 0 Å². The van der Waals surface area contributed by atoms with Crippen molar-refractivity contribution in [3.05, 3.63) is 47.4 Å². The summed E-state index contributed by atoms with van der Waals surface area (Å²) in [6.45, 7) is 2.10. The van der Waals surface area contributed by atoms with Gasteiger partial charge >= 0.3 is 0 Å². The van der Waals surface area contributed by atoms with Crippen LogP contribution in [0.3, 0.4) is 0 Å². The molecule has 0 amide bonds. The van der Waals surface area contributed by atoms with Crippen molar-refractivity contribution in [1.29, 1.82) is 0 Å². The maximum Gasteiger partial charge on any atom is 0.223 e. The Bertz CT molecular complexity index is 488. The Hall–Kier alpha value is -1.61. The summed E-state index contributed by atoms with van der Waals surface area (Å²) in [5, 5.41) is 0.372. The summed E-state index contributed by atoms with van der Waals surface area (Å²) >= 11 is 5.74. The standard InChI is InChI=1S/C12H11ClN2O/c1-2-9-4-3-5-10(6-9)16-12-7-11(13)14-8-15-12/h3-8H,2H2,1H3. The van der Waals surface area contributed by atoms with E-state index in [1.807, 2.05) is 18.2 Å². The largest absolute Gasteiger partial charge is 0.439 e. The van der Waals surface area contributed by atoms with Crippen LogP contribution in [0, 0.1) is 0 Å². The van der Waals surface area contributed by atoms with Crippen LogP contribution in [0.15, 0.2) is 36.7 Å². The van der Waals surface area contributed by atoms with Gasteiger partial charge in [-0.25, -0.2) is 9.97 Å². The Labute approximate surface area is 99.1 Å². The zero-order chi connectivity index (χ0) is 11.4. The zero-order valence-electron chi connectivity index (χ0n) is 8.85. The lowest BCUT2D eigenvalue weighted by Gasteiger charge is -2.05. The van der Waals surface area contributed by atoms with E-state index in [4.69, 9.17) is 16.3 Å². The van der Waals surface area contributed by atoms with Gasteiger partial charge in [0.15, 0.2) is 0 Å². The quantitative estimate of drug-likeness (QED) is 0.763. The van der Waals surface area contributed by atoms with Crippen LogP contribution in [-0.2, 0) is 6.42 Å². The van der Waals surface area contributed by atoms with Crippen LogP contribution in [0.25, 0.3) is 0 Å². The molecule has 1 aromatic heterocycles. The maximum absolute atomic E-state index is 5.74. The van der Waals surface area contributed by atoms with Crippen LogP contribution in [0.4, 0.5) is 0 Å². The molecule has 82 valence electrons. The molecule has 0 radical (unpaired) electrons. The SMILES string of the molecule is CCc1cccc(Oc2cc(Cl)ncn2)c1. The minimum Gasteiger partial charge on any atom is -0.439 e. The van der Waals surface area contributed by atoms with Gasteiger partial charge in [-0.15, -0.1) is 0 Å². The van der Waals surface area contributed by atoms with Crippen LogP contribution < -0.4 is 4.74 Å². The van der Waals surface area contributed by atoms with E-state index in [0.717, 1.165) is 12.2 Å². The number of aryl methyl sites for hydroxylation is 1. The highest BCUT2D eigenvalue weighted by Crippen LogP contribution is 2.21. The average molecular weight is 235 g/mol. The molecular formula is C12H11ClN2O. The molecule has 4 heteroatoms. The van der Waals surface area contributed by atoms with Gasteiger partial charge in [0.05, 0.1) is 0 Å². The van der Waals surface area contributed by atoms with Gasteiger partial charge in [-0.2, -0.15) is 0 Å². The third-order valence-corrected chi connectivity index (χ3v) is 2.34. The van der Waals surface area contributed by atoms with E-state index >= 15 is 0 Å². The number of aromatic nitrogens is 2. The fraction of sp³-hybridized carbons (Fsp3) is 0.167. The minimum atomic E-state index is 0.372. The van der Waals surface area contributed by atoms with Crippen molar-refractivity contribution in [2.45, 2.75) is 13.3 Å². The Morgan fingerprint density at radius 2 is 2.12 bits per heavy atom. The first-order valence-electron chi connectivity index (χ1n) is 5.02. The molecule has 0 spiro atoms. The zero-order valence-corrected chi connectivity index (χ0v) is 9.61. The van der Waals surface area contributed by atoms with Crippen LogP contribution in [0.2, 0.25) is 5.15 Å². The van der Waals surface area contributed by atoms with Gasteiger partial charge in [-0.05, 0) is 24.1 Å². The number of rotatable bonds is 3. The molecule has 0 fully saturated rings. The van der Waals surface area contributed by atoms with Crippen molar-refractivity contribution in [1.82, 2.24) is 9.97 Å². The summed E-state index contributed by atoms with van der Waals surface area (Å²) in [6, 6.07) is 9.46. The lowest BCUT2D eigenvalue weighted by Crippen LogP contribution is -1.89. The van der Waals surface area contributed by atoms with Gasteiger partial charge in [0.25, 0.3) is 0 Å². The van der Waals surface area contributed by atoms with Gasteiger partial charge in [-0.1, -0.05) is 30.7 Å². The second-order valence-corrected chi connectivity index (χ2v) is 3.67. The number of ether oxygens (including phenoxy) is 1. The summed E-state index contributed by atoms with van der Waals surface area (Å²) in [4.78, 5) is 7.76. The summed E-state index contributed by atoms with van der Waals surface area (Å²) in [5.41, 5.74) is 1.22. The molecule has 1 heterocycles. The molecule has 0 bridgehead atoms. The van der Waals surface area contributed by atoms with Crippen LogP contribution in [0.5, 0.6) is 11.6 Å². The van der Waals surface area contributed by atoms with Crippen molar-refractivity contribution >= 4 is 11.6 Å². The minimum absolute atomic E-state index is 0.372. The summed E-state index contributed by atoms with van der Waals surface area (Å²) in [5.74, 6) is 1.21. The van der Waals surface area contributed by atoms with E-state index in [-0.39, 0.29) is 0 Å². The predicted octanol–water partition coefficient (Wildman–Crippen LogP) is 3.48. The Morgan fingerprint density at radius 1 is 1.25 bits per heavy atom. The highest BCUT2D eigenvalue weighted by atomic mass is 35.5. The number of halogens is 1. The van der Waals surface area contributed by atoms with Crippen LogP contribution >= 0.6 is 11.6 Å². The van der Waals surface area contributed by atoms with E-state index in [1.54, 1.807) is 6.07 Å². The molecule has 2 rings (SSSR count). The third kappa shape index (κ3) is 2.70. The molecule has 0 N–H and O–H groups in total. The molecule has 3 nitrogen and oxygen atoms in total. The lowest BCUT2D eigenvalue weighted by molar-refractivity contribution is 0.461. The number of hydrogen-bond acceptors (Lipinski definition) is 3. The Morgan fingerprint density at radius 3 is 2.88 bits per heavy atom. The van der Waals surface area contributed by atoms with E-state index < -0.39 is 0 Å². The maximum atomic E-state index is 5.74. The summed E-state index contributed by atoms with van der Waals surface area (Å²) < 4.78 is 5.57. The fourth-order valence-corrected chi connectivity index (χ4v) is 1.46. The molecule has 0 unspecified atom stereocenters. The van der Waals surface area contributed by atoms with Crippen molar-refractivity contribution in [2.75, 3.05) is 0 Å². The molecule has 0 atom stereocenters. The molecule has 0 saturated heterocycles. The molecular weight excluding hydrogens is 224 g/mol. The third-order valence-electron chi connectivity index (χ3n) is 2.14. The van der Waals surface area contributed by atoms with Crippen LogP contribution in [0.1, 0.15) is 12.5 Å². The molecule has 0 saturated carbocycles. The van der Waals surface area contributed by atoms with Crippen molar-refractivity contribution in [3.63, 3.8) is 0 Å². The van der Waals surface area contributed by atoms with E-state index in [0.29, 0.717) is 11.0 Å². The summed E-state index contributed by atoms with van der Waals surface area (Å²) in [6.07, 6.45) is 2.35. The van der Waals surface area contributed by atoms with E-state index in [2.05, 4.69) is 23.0 Å². The van der Waals surface area contributed by atoms with Crippen molar-refractivity contribution < 1.29 is 4.74 Å². The van der Waals surface area contributed by atoms with Gasteiger partial charge in [0, 0.05) is 6.07 Å². The number of benzene rings is 1. The predicted molar refractivity (Wildman–Crippen MR) is 62.9 cm³/mol. The van der Waals surface area contributed by atoms with Gasteiger partial charge in [0.1, 0.15) is 17.2 Å². The highest BCUT2D eigenvalue weighted by Gasteiger charge is 2.00. The monoisotopic (exact) mass is 234 g/mol. The molecule has 0 aliphatic heterocycles. The first-order chi connectivity index (χ1) is 7.78. The first-order valence-corrected chi connectivity index (χ1v) is 5.40. The van der Waals surface area contributed by atoms with E-state index in [1.165, 1.54) is 11.9 Å². The second-order valence-electron chi connectivity index (χ2n) is 3.28. The molecule has 16 heavy (non-hydrogen) atoms. The van der Waals surface area contributed by atoms with Gasteiger partial charge in [-0.3, -0.25) is 0 Å². The Balaban J connectivity index is 2.20. The summed E-state index contributed by atoms with van der Waals surface area (Å²) in [7, 11) is 0. The number of nitrogens with zero attached hydrogens (tertiary/aromatic N) is 2. The molecule has 0 aliphatic carbocycles. The normalized spacial score (nSPS) is 10.1. The second kappa shape index (κ2) is 4.94.